The molecule has 3 heterocycles. The maximum atomic E-state index is 15.1. The van der Waals surface area contributed by atoms with E-state index in [4.69, 9.17) is 0 Å². The molecule has 36 heavy (non-hydrogen) atoms. The van der Waals surface area contributed by atoms with E-state index in [2.05, 4.69) is 9.88 Å². The Morgan fingerprint density at radius 3 is 2.39 bits per heavy atom. The number of benzene rings is 1. The van der Waals surface area contributed by atoms with E-state index in [9.17, 15) is 30.0 Å². The molecule has 4 rings (SSSR count). The van der Waals surface area contributed by atoms with Crippen molar-refractivity contribution in [3.63, 3.8) is 0 Å². The van der Waals surface area contributed by atoms with E-state index >= 15 is 4.39 Å². The molecule has 0 bridgehead atoms. The zero-order chi connectivity index (χ0) is 26.1. The van der Waals surface area contributed by atoms with E-state index in [-0.39, 0.29) is 24.3 Å². The number of anilines is 1. The number of rotatable bonds is 7. The SMILES string of the molecule is CCn1cc(C(=O)O)c(=O)c2cc(F)c(N3CCN(Cc4c(CO)nc(C)c(O)c4CO)CC3)cc21. The molecular weight excluding hydrogens is 471 g/mol. The molecular formula is C25H29FN4O6. The smallest absolute Gasteiger partial charge is 0.341 e. The van der Waals surface area contributed by atoms with Gasteiger partial charge in [0.25, 0.3) is 0 Å². The maximum absolute atomic E-state index is 15.1. The number of carboxylic acids is 1. The van der Waals surface area contributed by atoms with Gasteiger partial charge in [-0.25, -0.2) is 9.18 Å². The zero-order valence-corrected chi connectivity index (χ0v) is 20.2. The number of pyridine rings is 2. The van der Waals surface area contributed by atoms with Crippen LogP contribution in [0.4, 0.5) is 10.1 Å². The van der Waals surface area contributed by atoms with E-state index in [1.165, 1.54) is 6.20 Å². The third kappa shape index (κ3) is 4.52. The molecule has 192 valence electrons. The summed E-state index contributed by atoms with van der Waals surface area (Å²) in [6, 6.07) is 2.70. The van der Waals surface area contributed by atoms with Gasteiger partial charge < -0.3 is 29.9 Å². The van der Waals surface area contributed by atoms with Gasteiger partial charge in [0.15, 0.2) is 0 Å². The highest BCUT2D eigenvalue weighted by Crippen LogP contribution is 2.30. The Bertz CT molecular complexity index is 1380. The first-order valence-electron chi connectivity index (χ1n) is 11.7. The zero-order valence-electron chi connectivity index (χ0n) is 20.2. The minimum absolute atomic E-state index is 0.0244. The van der Waals surface area contributed by atoms with Gasteiger partial charge in [0.1, 0.15) is 17.1 Å². The van der Waals surface area contributed by atoms with Crippen LogP contribution in [0.15, 0.2) is 23.1 Å². The molecule has 3 aromatic rings. The van der Waals surface area contributed by atoms with Gasteiger partial charge in [0.05, 0.1) is 35.8 Å². The average molecular weight is 501 g/mol. The Kier molecular flexibility index (Phi) is 7.25. The van der Waals surface area contributed by atoms with E-state index in [0.717, 1.165) is 6.07 Å². The molecule has 0 aliphatic carbocycles. The molecule has 2 aromatic heterocycles. The quantitative estimate of drug-likeness (QED) is 0.381. The Hall–Kier alpha value is -3.54. The highest BCUT2D eigenvalue weighted by atomic mass is 19.1. The summed E-state index contributed by atoms with van der Waals surface area (Å²) in [5, 5.41) is 39.2. The normalized spacial score (nSPS) is 14.5. The van der Waals surface area contributed by atoms with Crippen molar-refractivity contribution in [1.29, 1.82) is 0 Å². The molecule has 1 aromatic carbocycles. The van der Waals surface area contributed by atoms with E-state index in [1.54, 1.807) is 17.6 Å². The monoisotopic (exact) mass is 500 g/mol. The number of hydrogen-bond acceptors (Lipinski definition) is 8. The molecule has 0 unspecified atom stereocenters. The van der Waals surface area contributed by atoms with Crippen LogP contribution in [0.2, 0.25) is 0 Å². The van der Waals surface area contributed by atoms with Crippen molar-refractivity contribution in [3.05, 3.63) is 62.4 Å². The summed E-state index contributed by atoms with van der Waals surface area (Å²) in [4.78, 5) is 32.2. The first kappa shape index (κ1) is 25.5. The number of halogens is 1. The van der Waals surface area contributed by atoms with Crippen molar-refractivity contribution in [2.75, 3.05) is 31.1 Å². The van der Waals surface area contributed by atoms with Crippen molar-refractivity contribution >= 4 is 22.6 Å². The van der Waals surface area contributed by atoms with Gasteiger partial charge in [-0.15, -0.1) is 0 Å². The number of aliphatic hydroxyl groups is 2. The summed E-state index contributed by atoms with van der Waals surface area (Å²) in [7, 11) is 0. The lowest BCUT2D eigenvalue weighted by Gasteiger charge is -2.37. The molecule has 0 atom stereocenters. The average Bonchev–Trinajstić information content (AvgIpc) is 2.87. The van der Waals surface area contributed by atoms with Crippen LogP contribution in [0.1, 0.15) is 39.8 Å². The van der Waals surface area contributed by atoms with Crippen LogP contribution in [-0.2, 0) is 26.3 Å². The summed E-state index contributed by atoms with van der Waals surface area (Å²) in [6.45, 7) is 5.50. The molecule has 0 radical (unpaired) electrons. The molecule has 11 heteroatoms. The molecule has 0 amide bonds. The van der Waals surface area contributed by atoms with Gasteiger partial charge in [-0.05, 0) is 31.5 Å². The van der Waals surface area contributed by atoms with Crippen LogP contribution in [-0.4, -0.2) is 67.0 Å². The van der Waals surface area contributed by atoms with Crippen molar-refractivity contribution in [2.45, 2.75) is 40.2 Å². The van der Waals surface area contributed by atoms with Crippen LogP contribution >= 0.6 is 0 Å². The van der Waals surface area contributed by atoms with E-state index in [0.29, 0.717) is 73.0 Å². The van der Waals surface area contributed by atoms with Crippen molar-refractivity contribution < 1.29 is 29.6 Å². The minimum Gasteiger partial charge on any atom is -0.506 e. The topological polar surface area (TPSA) is 139 Å². The lowest BCUT2D eigenvalue weighted by atomic mass is 10.0. The molecule has 0 spiro atoms. The number of carboxylic acid groups (broad SMARTS) is 1. The van der Waals surface area contributed by atoms with Gasteiger partial charge in [-0.2, -0.15) is 0 Å². The van der Waals surface area contributed by atoms with Crippen molar-refractivity contribution in [1.82, 2.24) is 14.5 Å². The maximum Gasteiger partial charge on any atom is 0.341 e. The number of hydrogen-bond donors (Lipinski definition) is 4. The highest BCUT2D eigenvalue weighted by Gasteiger charge is 2.25. The van der Waals surface area contributed by atoms with Gasteiger partial charge in [0, 0.05) is 56.4 Å². The summed E-state index contributed by atoms with van der Waals surface area (Å²) in [6.07, 6.45) is 1.29. The lowest BCUT2D eigenvalue weighted by molar-refractivity contribution is 0.0694. The number of aliphatic hydroxyl groups excluding tert-OH is 2. The number of fused-ring (bicyclic) bond motifs is 1. The largest absolute Gasteiger partial charge is 0.506 e. The summed E-state index contributed by atoms with van der Waals surface area (Å²) >= 11 is 0. The van der Waals surface area contributed by atoms with E-state index in [1.807, 2.05) is 11.8 Å². The molecule has 1 fully saturated rings. The fraction of sp³-hybridized carbons (Fsp3) is 0.400. The summed E-state index contributed by atoms with van der Waals surface area (Å²) < 4.78 is 16.8. The minimum atomic E-state index is -1.35. The van der Waals surface area contributed by atoms with E-state index < -0.39 is 22.8 Å². The van der Waals surface area contributed by atoms with Gasteiger partial charge in [-0.3, -0.25) is 14.7 Å². The Labute approximate surface area is 206 Å². The van der Waals surface area contributed by atoms with Crippen LogP contribution in [0.25, 0.3) is 10.9 Å². The fourth-order valence-corrected chi connectivity index (χ4v) is 4.77. The lowest BCUT2D eigenvalue weighted by Crippen LogP contribution is -2.46. The first-order valence-corrected chi connectivity index (χ1v) is 11.7. The number of aromatic hydroxyl groups is 1. The number of carbonyl (C=O) groups is 1. The second kappa shape index (κ2) is 10.2. The molecule has 1 aliphatic rings. The molecule has 1 aliphatic heterocycles. The molecule has 1 saturated heterocycles. The summed E-state index contributed by atoms with van der Waals surface area (Å²) in [5.74, 6) is -2.04. The van der Waals surface area contributed by atoms with Gasteiger partial charge in [-0.1, -0.05) is 0 Å². The summed E-state index contributed by atoms with van der Waals surface area (Å²) in [5.41, 5.74) is 1.34. The van der Waals surface area contributed by atoms with Crippen LogP contribution < -0.4 is 10.3 Å². The molecule has 10 nitrogen and oxygen atoms in total. The Morgan fingerprint density at radius 1 is 1.11 bits per heavy atom. The van der Waals surface area contributed by atoms with Gasteiger partial charge in [0.2, 0.25) is 5.43 Å². The third-order valence-electron chi connectivity index (χ3n) is 6.77. The predicted molar refractivity (Wildman–Crippen MR) is 131 cm³/mol. The second-order valence-electron chi connectivity index (χ2n) is 8.81. The predicted octanol–water partition coefficient (Wildman–Crippen LogP) is 1.57. The van der Waals surface area contributed by atoms with Crippen LogP contribution in [0.5, 0.6) is 5.75 Å². The third-order valence-corrected chi connectivity index (χ3v) is 6.77. The van der Waals surface area contributed by atoms with Crippen LogP contribution in [0, 0.1) is 12.7 Å². The number of aromatic carboxylic acids is 1. The fourth-order valence-electron chi connectivity index (χ4n) is 4.77. The first-order chi connectivity index (χ1) is 17.2. The Morgan fingerprint density at radius 2 is 1.81 bits per heavy atom. The van der Waals surface area contributed by atoms with Crippen LogP contribution in [0.3, 0.4) is 0 Å². The van der Waals surface area contributed by atoms with Crippen molar-refractivity contribution in [3.8, 4) is 5.75 Å². The number of nitrogens with zero attached hydrogens (tertiary/aromatic N) is 4. The Balaban J connectivity index is 1.59. The number of aryl methyl sites for hydroxylation is 2. The van der Waals surface area contributed by atoms with Gasteiger partial charge >= 0.3 is 5.97 Å². The second-order valence-corrected chi connectivity index (χ2v) is 8.81. The number of aromatic nitrogens is 2. The molecule has 4 N–H and O–H groups in total. The standard InChI is InChI=1S/C25H29FN4O6/c1-3-29-11-17(25(35)36)24(34)15-8-19(26)22(9-21(15)29)30-6-4-28(5-7-30)10-16-18(12-31)23(33)14(2)27-20(16)13-32/h8-9,11,31-33H,3-7,10,12-13H2,1-2H3,(H,35,36). The molecule has 0 saturated carbocycles. The van der Waals surface area contributed by atoms with Crippen molar-refractivity contribution in [2.24, 2.45) is 0 Å². The number of piperazine rings is 1. The highest BCUT2D eigenvalue weighted by molar-refractivity contribution is 5.93.